The van der Waals surface area contributed by atoms with Gasteiger partial charge in [0.2, 0.25) is 5.91 Å². The number of carbonyl (C=O) groups is 3. The van der Waals surface area contributed by atoms with Crippen molar-refractivity contribution in [3.63, 3.8) is 0 Å². The van der Waals surface area contributed by atoms with E-state index in [-0.39, 0.29) is 40.9 Å². The van der Waals surface area contributed by atoms with E-state index < -0.39 is 15.0 Å². The number of ether oxygens (including phenoxy) is 1. The molecule has 0 spiro atoms. The van der Waals surface area contributed by atoms with Crippen molar-refractivity contribution in [3.05, 3.63) is 34.9 Å². The van der Waals surface area contributed by atoms with Crippen LogP contribution in [-0.2, 0) is 20.4 Å². The summed E-state index contributed by atoms with van der Waals surface area (Å²) in [6.07, 6.45) is 1.45. The average molecular weight is 432 g/mol. The molecule has 0 aromatic heterocycles. The van der Waals surface area contributed by atoms with E-state index in [1.54, 1.807) is 12.1 Å². The van der Waals surface area contributed by atoms with Crippen molar-refractivity contribution >= 4 is 26.7 Å². The van der Waals surface area contributed by atoms with Gasteiger partial charge in [0.15, 0.2) is 14.8 Å². The molecule has 1 aromatic rings. The van der Waals surface area contributed by atoms with Crippen molar-refractivity contribution in [2.24, 2.45) is 23.2 Å². The number of β-lactam (4-membered cyclic amide) rings is 1. The van der Waals surface area contributed by atoms with E-state index in [9.17, 15) is 14.4 Å². The molecular formula is C23H33NO5Si. The maximum Gasteiger partial charge on any atom is 0.337 e. The largest absolute Gasteiger partial charge is 0.465 e. The number of hydrogen-bond acceptors (Lipinski definition) is 5. The third kappa shape index (κ3) is 4.37. The van der Waals surface area contributed by atoms with Crippen LogP contribution in [0.15, 0.2) is 18.2 Å². The van der Waals surface area contributed by atoms with Gasteiger partial charge in [-0.2, -0.15) is 0 Å². The van der Waals surface area contributed by atoms with Gasteiger partial charge in [-0.05, 0) is 55.0 Å². The summed E-state index contributed by atoms with van der Waals surface area (Å²) in [7, 11) is 0.109. The monoisotopic (exact) mass is 431 g/mol. The summed E-state index contributed by atoms with van der Waals surface area (Å²) in [5.74, 6) is -0.918. The van der Waals surface area contributed by atoms with Crippen LogP contribution in [0, 0.1) is 23.2 Å². The standard InChI is InChI=1S/C23H33NO5Si/c1-23(2,3)17(12-29-30(5)6)18-19(24-21(18)26)15-10-9-13-7-8-14(22(27)28-4)11-16(13)20(15)25/h7-8,11,15,17-19,30H,9-10,12H2,1-6H3,(H,24,26)/t15-,17-,18+,19-/m1/s1. The first-order valence-electron chi connectivity index (χ1n) is 10.7. The van der Waals surface area contributed by atoms with Crippen molar-refractivity contribution in [3.8, 4) is 0 Å². The summed E-state index contributed by atoms with van der Waals surface area (Å²) in [5, 5.41) is 3.02. The molecular weight excluding hydrogens is 398 g/mol. The van der Waals surface area contributed by atoms with Crippen LogP contribution in [0.3, 0.4) is 0 Å². The average Bonchev–Trinajstić information content (AvgIpc) is 2.68. The molecule has 2 aliphatic rings. The molecule has 1 aliphatic heterocycles. The zero-order chi connectivity index (χ0) is 22.2. The highest BCUT2D eigenvalue weighted by Crippen LogP contribution is 2.42. The van der Waals surface area contributed by atoms with Gasteiger partial charge in [0, 0.05) is 18.1 Å². The van der Waals surface area contributed by atoms with Crippen molar-refractivity contribution in [1.29, 1.82) is 0 Å². The Kier molecular flexibility index (Phi) is 6.53. The van der Waals surface area contributed by atoms with Crippen LogP contribution >= 0.6 is 0 Å². The summed E-state index contributed by atoms with van der Waals surface area (Å²) >= 11 is 0. The minimum Gasteiger partial charge on any atom is -0.465 e. The fraction of sp³-hybridized carbons (Fsp3) is 0.609. The number of rotatable bonds is 6. The summed E-state index contributed by atoms with van der Waals surface area (Å²) in [6.45, 7) is 11.2. The van der Waals surface area contributed by atoms with Crippen molar-refractivity contribution in [1.82, 2.24) is 5.32 Å². The Morgan fingerprint density at radius 1 is 1.27 bits per heavy atom. The van der Waals surface area contributed by atoms with E-state index in [1.165, 1.54) is 7.11 Å². The number of benzene rings is 1. The number of carbonyl (C=O) groups excluding carboxylic acids is 3. The van der Waals surface area contributed by atoms with Gasteiger partial charge < -0.3 is 14.5 Å². The molecule has 164 valence electrons. The SMILES string of the molecule is COC(=O)c1ccc2c(c1)C(=O)[C@@H]([C@H]1NC(=O)[C@H]1[C@@H](CO[SiH](C)C)C(C)(C)C)CC2. The van der Waals surface area contributed by atoms with Gasteiger partial charge in [-0.3, -0.25) is 9.59 Å². The lowest BCUT2D eigenvalue weighted by atomic mass is 9.62. The van der Waals surface area contributed by atoms with Crippen molar-refractivity contribution in [2.75, 3.05) is 13.7 Å². The van der Waals surface area contributed by atoms with E-state index in [1.807, 2.05) is 6.07 Å². The summed E-state index contributed by atoms with van der Waals surface area (Å²) in [5.41, 5.74) is 1.79. The summed E-state index contributed by atoms with van der Waals surface area (Å²) < 4.78 is 10.8. The van der Waals surface area contributed by atoms with E-state index in [0.717, 1.165) is 12.0 Å². The second-order valence-electron chi connectivity index (χ2n) is 9.79. The minimum absolute atomic E-state index is 0.00353. The molecule has 3 rings (SSSR count). The molecule has 0 unspecified atom stereocenters. The second kappa shape index (κ2) is 8.63. The van der Waals surface area contributed by atoms with Gasteiger partial charge in [0.25, 0.3) is 0 Å². The molecule has 1 saturated heterocycles. The molecule has 30 heavy (non-hydrogen) atoms. The van der Waals surface area contributed by atoms with Gasteiger partial charge >= 0.3 is 5.97 Å². The second-order valence-corrected chi connectivity index (χ2v) is 12.2. The quantitative estimate of drug-likeness (QED) is 0.425. The van der Waals surface area contributed by atoms with Crippen LogP contribution < -0.4 is 5.32 Å². The molecule has 1 heterocycles. The van der Waals surface area contributed by atoms with Crippen LogP contribution in [0.2, 0.25) is 13.1 Å². The number of amides is 1. The molecule has 1 N–H and O–H groups in total. The Bertz CT molecular complexity index is 844. The Hall–Kier alpha value is -1.99. The number of Topliss-reactive ketones (excluding diaryl/α,β-unsaturated/α-hetero) is 1. The van der Waals surface area contributed by atoms with E-state index in [0.29, 0.717) is 24.2 Å². The van der Waals surface area contributed by atoms with Gasteiger partial charge in [-0.1, -0.05) is 26.8 Å². The van der Waals surface area contributed by atoms with Gasteiger partial charge in [0.05, 0.1) is 24.6 Å². The smallest absolute Gasteiger partial charge is 0.337 e. The zero-order valence-electron chi connectivity index (χ0n) is 18.8. The Balaban J connectivity index is 1.86. The minimum atomic E-state index is -1.22. The molecule has 1 fully saturated rings. The van der Waals surface area contributed by atoms with Gasteiger partial charge in [-0.25, -0.2) is 4.79 Å². The lowest BCUT2D eigenvalue weighted by molar-refractivity contribution is -0.143. The first kappa shape index (κ1) is 22.7. The molecule has 0 radical (unpaired) electrons. The van der Waals surface area contributed by atoms with Crippen LogP contribution in [-0.4, -0.2) is 46.5 Å². The molecule has 7 heteroatoms. The number of methoxy groups -OCH3 is 1. The third-order valence-electron chi connectivity index (χ3n) is 6.44. The first-order chi connectivity index (χ1) is 14.0. The molecule has 6 nitrogen and oxygen atoms in total. The maximum atomic E-state index is 13.4. The van der Waals surface area contributed by atoms with Crippen LogP contribution in [0.4, 0.5) is 0 Å². The fourth-order valence-electron chi connectivity index (χ4n) is 4.64. The number of ketones is 1. The zero-order valence-corrected chi connectivity index (χ0v) is 19.9. The topological polar surface area (TPSA) is 81.7 Å². The Labute approximate surface area is 180 Å². The number of hydrogen-bond donors (Lipinski definition) is 1. The maximum absolute atomic E-state index is 13.4. The molecule has 1 aliphatic carbocycles. The number of aryl methyl sites for hydroxylation is 1. The van der Waals surface area contributed by atoms with E-state index in [4.69, 9.17) is 9.16 Å². The van der Waals surface area contributed by atoms with E-state index >= 15 is 0 Å². The van der Waals surface area contributed by atoms with E-state index in [2.05, 4.69) is 39.2 Å². The predicted octanol–water partition coefficient (Wildman–Crippen LogP) is 3.00. The summed E-state index contributed by atoms with van der Waals surface area (Å²) in [4.78, 5) is 37.9. The number of nitrogens with one attached hydrogen (secondary N) is 1. The first-order valence-corrected chi connectivity index (χ1v) is 13.5. The highest BCUT2D eigenvalue weighted by molar-refractivity contribution is 6.48. The Morgan fingerprint density at radius 2 is 1.97 bits per heavy atom. The molecule has 0 saturated carbocycles. The van der Waals surface area contributed by atoms with Crippen LogP contribution in [0.5, 0.6) is 0 Å². The lowest BCUT2D eigenvalue weighted by Crippen LogP contribution is -2.67. The van der Waals surface area contributed by atoms with Gasteiger partial charge in [0.1, 0.15) is 0 Å². The van der Waals surface area contributed by atoms with Gasteiger partial charge in [-0.15, -0.1) is 0 Å². The molecule has 1 aromatic carbocycles. The Morgan fingerprint density at radius 3 is 2.53 bits per heavy atom. The van der Waals surface area contributed by atoms with Crippen molar-refractivity contribution < 1.29 is 23.5 Å². The molecule has 4 atom stereocenters. The predicted molar refractivity (Wildman–Crippen MR) is 117 cm³/mol. The summed E-state index contributed by atoms with van der Waals surface area (Å²) in [6, 6.07) is 4.99. The third-order valence-corrected chi connectivity index (χ3v) is 7.30. The van der Waals surface area contributed by atoms with Crippen LogP contribution in [0.1, 0.15) is 53.5 Å². The van der Waals surface area contributed by atoms with Crippen LogP contribution in [0.25, 0.3) is 0 Å². The number of fused-ring (bicyclic) bond motifs is 1. The normalized spacial score (nSPS) is 24.7. The molecule has 1 amide bonds. The highest BCUT2D eigenvalue weighted by atomic mass is 28.3. The van der Waals surface area contributed by atoms with Crippen molar-refractivity contribution in [2.45, 2.75) is 52.7 Å². The number of esters is 1. The fourth-order valence-corrected chi connectivity index (χ4v) is 5.23. The molecule has 0 bridgehead atoms. The lowest BCUT2D eigenvalue weighted by Gasteiger charge is -2.49. The highest BCUT2D eigenvalue weighted by Gasteiger charge is 2.53.